The number of nitrogens with one attached hydrogen (secondary N) is 1. The van der Waals surface area contributed by atoms with E-state index in [-0.39, 0.29) is 17.4 Å². The molecule has 32 heavy (non-hydrogen) atoms. The van der Waals surface area contributed by atoms with Crippen molar-refractivity contribution in [2.24, 2.45) is 5.92 Å². The van der Waals surface area contributed by atoms with Crippen LogP contribution in [0.2, 0.25) is 0 Å². The number of amides is 1. The van der Waals surface area contributed by atoms with Gasteiger partial charge in [0.05, 0.1) is 18.7 Å². The molecule has 1 amide bonds. The molecule has 0 radical (unpaired) electrons. The van der Waals surface area contributed by atoms with Gasteiger partial charge in [-0.3, -0.25) is 9.59 Å². The highest BCUT2D eigenvalue weighted by molar-refractivity contribution is 7.20. The van der Waals surface area contributed by atoms with E-state index in [1.807, 2.05) is 24.3 Å². The van der Waals surface area contributed by atoms with Gasteiger partial charge in [0.2, 0.25) is 16.0 Å². The third kappa shape index (κ3) is 4.09. The van der Waals surface area contributed by atoms with Crippen LogP contribution in [0.4, 0.5) is 5.13 Å². The lowest BCUT2D eigenvalue weighted by molar-refractivity contribution is -0.125. The zero-order chi connectivity index (χ0) is 22.1. The Labute approximate surface area is 190 Å². The van der Waals surface area contributed by atoms with Crippen molar-refractivity contribution in [2.75, 3.05) is 25.1 Å². The highest BCUT2D eigenvalue weighted by atomic mass is 32.1. The third-order valence-electron chi connectivity index (χ3n) is 6.36. The van der Waals surface area contributed by atoms with Crippen molar-refractivity contribution in [2.45, 2.75) is 45.1 Å². The zero-order valence-corrected chi connectivity index (χ0v) is 19.0. The molecule has 3 aromatic rings. The van der Waals surface area contributed by atoms with Gasteiger partial charge in [-0.25, -0.2) is 4.98 Å². The number of methoxy groups -OCH3 is 1. The number of fused-ring (bicyclic) bond motifs is 2. The van der Waals surface area contributed by atoms with E-state index in [1.165, 1.54) is 15.9 Å². The molecule has 1 atom stereocenters. The van der Waals surface area contributed by atoms with Gasteiger partial charge in [0.25, 0.3) is 5.56 Å². The summed E-state index contributed by atoms with van der Waals surface area (Å²) in [5.41, 5.74) is 2.76. The van der Waals surface area contributed by atoms with Gasteiger partial charge in [0.1, 0.15) is 5.75 Å². The predicted molar refractivity (Wildman–Crippen MR) is 124 cm³/mol. The minimum absolute atomic E-state index is 0.0296. The molecule has 0 unspecified atom stereocenters. The molecule has 168 valence electrons. The maximum absolute atomic E-state index is 12.9. The summed E-state index contributed by atoms with van der Waals surface area (Å²) in [6, 6.07) is 7.70. The fourth-order valence-corrected chi connectivity index (χ4v) is 5.48. The molecule has 0 saturated carbocycles. The normalized spacial score (nSPS) is 18.4. The maximum Gasteiger partial charge on any atom is 0.278 e. The van der Waals surface area contributed by atoms with E-state index in [2.05, 4.69) is 15.3 Å². The number of carbonyl (C=O) groups excluding carboxylic acids is 1. The molecule has 1 aromatic carbocycles. The highest BCUT2D eigenvalue weighted by Gasteiger charge is 2.28. The Hall–Kier alpha value is -2.94. The second-order valence-electron chi connectivity index (χ2n) is 8.48. The van der Waals surface area contributed by atoms with Gasteiger partial charge in [-0.1, -0.05) is 23.5 Å². The Bertz CT molecular complexity index is 1190. The lowest BCUT2D eigenvalue weighted by Gasteiger charge is -2.31. The molecule has 3 heterocycles. The molecule has 1 fully saturated rings. The van der Waals surface area contributed by atoms with Crippen LogP contribution in [-0.4, -0.2) is 40.7 Å². The molecule has 9 heteroatoms. The molecule has 0 bridgehead atoms. The first-order chi connectivity index (χ1) is 15.6. The van der Waals surface area contributed by atoms with Crippen LogP contribution in [0.3, 0.4) is 0 Å². The number of carbonyl (C=O) groups is 1. The van der Waals surface area contributed by atoms with E-state index in [0.29, 0.717) is 18.1 Å². The fourth-order valence-electron chi connectivity index (χ4n) is 4.53. The summed E-state index contributed by atoms with van der Waals surface area (Å²) in [5.74, 6) is 0.748. The highest BCUT2D eigenvalue weighted by Crippen LogP contribution is 2.28. The summed E-state index contributed by atoms with van der Waals surface area (Å²) < 4.78 is 6.63. The summed E-state index contributed by atoms with van der Waals surface area (Å²) in [6.45, 7) is 1.92. The molecule has 2 aromatic heterocycles. The number of aryl methyl sites for hydroxylation is 1. The molecule has 5 rings (SSSR count). The minimum Gasteiger partial charge on any atom is -0.497 e. The first-order valence-corrected chi connectivity index (χ1v) is 12.0. The van der Waals surface area contributed by atoms with Crippen LogP contribution < -0.4 is 20.5 Å². The second kappa shape index (κ2) is 8.90. The van der Waals surface area contributed by atoms with Crippen molar-refractivity contribution in [3.63, 3.8) is 0 Å². The Balaban J connectivity index is 1.28. The molecule has 1 N–H and O–H groups in total. The standard InChI is InChI=1S/C23H27N5O3S/c1-31-17-10-8-15(9-11-17)13-24-20(29)16-5-4-12-27(14-16)23-26-28-21(30)18-6-2-3-7-19(18)25-22(28)32-23/h8-11,16H,2-7,12-14H2,1H3,(H,24,29)/t16-/m0/s1. The van der Waals surface area contributed by atoms with E-state index in [4.69, 9.17) is 9.72 Å². The van der Waals surface area contributed by atoms with Crippen molar-refractivity contribution in [3.8, 4) is 5.75 Å². The number of rotatable bonds is 5. The average Bonchev–Trinajstić information content (AvgIpc) is 3.27. The number of hydrogen-bond acceptors (Lipinski definition) is 7. The first-order valence-electron chi connectivity index (χ1n) is 11.2. The average molecular weight is 454 g/mol. The zero-order valence-electron chi connectivity index (χ0n) is 18.2. The summed E-state index contributed by atoms with van der Waals surface area (Å²) >= 11 is 1.44. The van der Waals surface area contributed by atoms with Gasteiger partial charge in [-0.15, -0.1) is 5.10 Å². The molecule has 1 saturated heterocycles. The van der Waals surface area contributed by atoms with Crippen LogP contribution in [-0.2, 0) is 24.2 Å². The summed E-state index contributed by atoms with van der Waals surface area (Å²) in [6.07, 6.45) is 5.54. The summed E-state index contributed by atoms with van der Waals surface area (Å²) in [4.78, 5) is 33.2. The van der Waals surface area contributed by atoms with Crippen LogP contribution >= 0.6 is 11.3 Å². The summed E-state index contributed by atoms with van der Waals surface area (Å²) in [5, 5.41) is 8.42. The lowest BCUT2D eigenvalue weighted by Crippen LogP contribution is -2.43. The van der Waals surface area contributed by atoms with Gasteiger partial charge in [0.15, 0.2) is 0 Å². The Kier molecular flexibility index (Phi) is 5.82. The van der Waals surface area contributed by atoms with E-state index in [1.54, 1.807) is 7.11 Å². The molecule has 0 spiro atoms. The molecule has 1 aliphatic heterocycles. The minimum atomic E-state index is -0.105. The first kappa shape index (κ1) is 20.9. The Morgan fingerprint density at radius 3 is 2.84 bits per heavy atom. The number of hydrogen-bond donors (Lipinski definition) is 1. The third-order valence-corrected chi connectivity index (χ3v) is 7.33. The van der Waals surface area contributed by atoms with E-state index < -0.39 is 0 Å². The molecular weight excluding hydrogens is 426 g/mol. The number of piperidine rings is 1. The largest absolute Gasteiger partial charge is 0.497 e. The van der Waals surface area contributed by atoms with Crippen LogP contribution in [0.5, 0.6) is 5.75 Å². The smallest absolute Gasteiger partial charge is 0.278 e. The maximum atomic E-state index is 12.9. The van der Waals surface area contributed by atoms with Crippen LogP contribution in [0.1, 0.15) is 42.5 Å². The van der Waals surface area contributed by atoms with Crippen molar-refractivity contribution in [3.05, 3.63) is 51.4 Å². The van der Waals surface area contributed by atoms with Gasteiger partial charge in [0, 0.05) is 25.2 Å². The van der Waals surface area contributed by atoms with Crippen molar-refractivity contribution < 1.29 is 9.53 Å². The second-order valence-corrected chi connectivity index (χ2v) is 9.41. The lowest BCUT2D eigenvalue weighted by atomic mass is 9.97. The van der Waals surface area contributed by atoms with Crippen LogP contribution in [0.15, 0.2) is 29.1 Å². The van der Waals surface area contributed by atoms with Gasteiger partial charge in [-0.2, -0.15) is 4.52 Å². The van der Waals surface area contributed by atoms with Crippen LogP contribution in [0.25, 0.3) is 4.96 Å². The SMILES string of the molecule is COc1ccc(CNC(=O)[C@H]2CCCN(c3nn4c(=O)c5c(nc4s3)CCCC5)C2)cc1. The molecule has 2 aliphatic rings. The molecular formula is C23H27N5O3S. The van der Waals surface area contributed by atoms with Crippen molar-refractivity contribution in [1.29, 1.82) is 0 Å². The summed E-state index contributed by atoms with van der Waals surface area (Å²) in [7, 11) is 1.64. The Morgan fingerprint density at radius 2 is 2.03 bits per heavy atom. The van der Waals surface area contributed by atoms with Crippen molar-refractivity contribution in [1.82, 2.24) is 19.9 Å². The fraction of sp³-hybridized carbons (Fsp3) is 0.478. The van der Waals surface area contributed by atoms with E-state index in [9.17, 15) is 9.59 Å². The number of nitrogens with zero attached hydrogens (tertiary/aromatic N) is 4. The number of anilines is 1. The van der Waals surface area contributed by atoms with Gasteiger partial charge < -0.3 is 15.0 Å². The van der Waals surface area contributed by atoms with Gasteiger partial charge in [-0.05, 0) is 56.2 Å². The quantitative estimate of drug-likeness (QED) is 0.639. The van der Waals surface area contributed by atoms with Crippen LogP contribution in [0, 0.1) is 5.92 Å². The molecule has 1 aliphatic carbocycles. The number of aromatic nitrogens is 3. The molecule has 8 nitrogen and oxygen atoms in total. The number of benzene rings is 1. The number of ether oxygens (including phenoxy) is 1. The van der Waals surface area contributed by atoms with Crippen molar-refractivity contribution >= 4 is 27.3 Å². The predicted octanol–water partition coefficient (Wildman–Crippen LogP) is 2.57. The van der Waals surface area contributed by atoms with Gasteiger partial charge >= 0.3 is 0 Å². The Morgan fingerprint density at radius 1 is 1.22 bits per heavy atom. The monoisotopic (exact) mass is 453 g/mol. The van der Waals surface area contributed by atoms with E-state index in [0.717, 1.165) is 72.8 Å². The van der Waals surface area contributed by atoms with E-state index >= 15 is 0 Å². The topological polar surface area (TPSA) is 88.8 Å².